The number of anilines is 3. The number of thiophene rings is 1. The van der Waals surface area contributed by atoms with E-state index in [0.717, 1.165) is 21.8 Å². The monoisotopic (exact) mass is 475 g/mol. The largest absolute Gasteiger partial charge is 0.369 e. The van der Waals surface area contributed by atoms with Crippen LogP contribution < -0.4 is 20.7 Å². The van der Waals surface area contributed by atoms with E-state index in [0.29, 0.717) is 36.4 Å². The van der Waals surface area contributed by atoms with Crippen molar-refractivity contribution in [2.45, 2.75) is 31.5 Å². The molecule has 32 heavy (non-hydrogen) atoms. The smallest absolute Gasteiger partial charge is 0.250 e. The van der Waals surface area contributed by atoms with Crippen LogP contribution in [0.15, 0.2) is 40.7 Å². The number of nitrogens with zero attached hydrogens (tertiary/aromatic N) is 3. The summed E-state index contributed by atoms with van der Waals surface area (Å²) in [5, 5.41) is 8.89. The summed E-state index contributed by atoms with van der Waals surface area (Å²) in [7, 11) is -3.63. The Labute approximate surface area is 191 Å². The maximum absolute atomic E-state index is 12.5. The first-order valence-corrected chi connectivity index (χ1v) is 12.1. The summed E-state index contributed by atoms with van der Waals surface area (Å²) in [6.45, 7) is 5.98. The van der Waals surface area contributed by atoms with Crippen molar-refractivity contribution in [3.05, 3.63) is 52.8 Å². The van der Waals surface area contributed by atoms with E-state index in [1.807, 2.05) is 19.1 Å². The standard InChI is InChI=1S/C20H25N7O3S2/c1-13-6-7-21-17(10-13)27-19-11-18(25-14(2)26-19)22-8-9-24-32(29,30)20-5-4-16(31-20)12-23-15(3)28/h4-7,10-11,24H,8-9,12H2,1-3H3,(H,23,28)(H2,21,22,25,26,27). The minimum Gasteiger partial charge on any atom is -0.369 e. The molecule has 12 heteroatoms. The van der Waals surface area contributed by atoms with Crippen LogP contribution in [0.4, 0.5) is 17.5 Å². The first-order chi connectivity index (χ1) is 15.2. The van der Waals surface area contributed by atoms with Gasteiger partial charge in [-0.3, -0.25) is 4.79 Å². The van der Waals surface area contributed by atoms with E-state index >= 15 is 0 Å². The second-order valence-electron chi connectivity index (χ2n) is 6.98. The molecule has 0 fully saturated rings. The van der Waals surface area contributed by atoms with Gasteiger partial charge in [0.1, 0.15) is 27.5 Å². The fourth-order valence-corrected chi connectivity index (χ4v) is 5.09. The summed E-state index contributed by atoms with van der Waals surface area (Å²) in [6, 6.07) is 8.77. The number of pyridine rings is 1. The zero-order valence-corrected chi connectivity index (χ0v) is 19.6. The molecule has 0 aliphatic rings. The Balaban J connectivity index is 1.53. The van der Waals surface area contributed by atoms with Crippen molar-refractivity contribution in [1.82, 2.24) is 25.0 Å². The fourth-order valence-electron chi connectivity index (χ4n) is 2.71. The Morgan fingerprint density at radius 3 is 2.56 bits per heavy atom. The molecule has 0 aromatic carbocycles. The summed E-state index contributed by atoms with van der Waals surface area (Å²) in [6.07, 6.45) is 1.72. The number of amides is 1. The Bertz CT molecular complexity index is 1200. The van der Waals surface area contributed by atoms with E-state index in [4.69, 9.17) is 0 Å². The highest BCUT2D eigenvalue weighted by atomic mass is 32.2. The number of sulfonamides is 1. The molecule has 0 spiro atoms. The summed E-state index contributed by atoms with van der Waals surface area (Å²) in [5.41, 5.74) is 1.08. The van der Waals surface area contributed by atoms with Crippen LogP contribution in [0.2, 0.25) is 0 Å². The molecule has 4 N–H and O–H groups in total. The molecule has 0 atom stereocenters. The van der Waals surface area contributed by atoms with Gasteiger partial charge in [0, 0.05) is 37.2 Å². The molecule has 170 valence electrons. The van der Waals surface area contributed by atoms with E-state index < -0.39 is 10.0 Å². The second-order valence-corrected chi connectivity index (χ2v) is 10.1. The van der Waals surface area contributed by atoms with Crippen LogP contribution in [-0.2, 0) is 21.4 Å². The highest BCUT2D eigenvalue weighted by Gasteiger charge is 2.16. The highest BCUT2D eigenvalue weighted by molar-refractivity contribution is 7.91. The molecule has 3 heterocycles. The van der Waals surface area contributed by atoms with Crippen LogP contribution in [0.3, 0.4) is 0 Å². The summed E-state index contributed by atoms with van der Waals surface area (Å²) >= 11 is 1.12. The minimum atomic E-state index is -3.63. The average molecular weight is 476 g/mol. The number of hydrogen-bond donors (Lipinski definition) is 4. The van der Waals surface area contributed by atoms with Crippen molar-refractivity contribution in [3.8, 4) is 0 Å². The number of hydrogen-bond acceptors (Lipinski definition) is 9. The fraction of sp³-hybridized carbons (Fsp3) is 0.300. The van der Waals surface area contributed by atoms with Crippen LogP contribution >= 0.6 is 11.3 Å². The van der Waals surface area contributed by atoms with Crippen molar-refractivity contribution in [2.24, 2.45) is 0 Å². The zero-order valence-electron chi connectivity index (χ0n) is 18.0. The lowest BCUT2D eigenvalue weighted by Gasteiger charge is -2.10. The third-order valence-electron chi connectivity index (χ3n) is 4.15. The molecule has 0 aliphatic carbocycles. The van der Waals surface area contributed by atoms with Gasteiger partial charge in [0.05, 0.1) is 6.54 Å². The Hall–Kier alpha value is -3.09. The van der Waals surface area contributed by atoms with Crippen molar-refractivity contribution in [3.63, 3.8) is 0 Å². The molecule has 3 rings (SSSR count). The van der Waals surface area contributed by atoms with Crippen LogP contribution in [0.25, 0.3) is 0 Å². The molecule has 0 radical (unpaired) electrons. The first kappa shape index (κ1) is 23.6. The summed E-state index contributed by atoms with van der Waals surface area (Å²) < 4.78 is 27.7. The number of nitrogens with one attached hydrogen (secondary N) is 4. The maximum Gasteiger partial charge on any atom is 0.250 e. The van der Waals surface area contributed by atoms with Crippen LogP contribution in [0.1, 0.15) is 23.2 Å². The molecule has 3 aromatic heterocycles. The Morgan fingerprint density at radius 2 is 1.81 bits per heavy atom. The van der Waals surface area contributed by atoms with Crippen molar-refractivity contribution >= 4 is 44.7 Å². The zero-order chi connectivity index (χ0) is 23.1. The van der Waals surface area contributed by atoms with Crippen molar-refractivity contribution < 1.29 is 13.2 Å². The van der Waals surface area contributed by atoms with E-state index in [-0.39, 0.29) is 16.7 Å². The quantitative estimate of drug-likeness (QED) is 0.328. The van der Waals surface area contributed by atoms with E-state index in [9.17, 15) is 13.2 Å². The molecular weight excluding hydrogens is 450 g/mol. The third kappa shape index (κ3) is 6.97. The first-order valence-electron chi connectivity index (χ1n) is 9.83. The topological polar surface area (TPSA) is 138 Å². The lowest BCUT2D eigenvalue weighted by Crippen LogP contribution is -2.28. The molecule has 0 saturated carbocycles. The summed E-state index contributed by atoms with van der Waals surface area (Å²) in [5.74, 6) is 2.23. The molecule has 10 nitrogen and oxygen atoms in total. The normalized spacial score (nSPS) is 11.2. The van der Waals surface area contributed by atoms with E-state index in [2.05, 4.69) is 35.6 Å². The van der Waals surface area contributed by atoms with Gasteiger partial charge in [0.25, 0.3) is 0 Å². The Kier molecular flexibility index (Phi) is 7.72. The van der Waals surface area contributed by atoms with Gasteiger partial charge in [0.15, 0.2) is 0 Å². The highest BCUT2D eigenvalue weighted by Crippen LogP contribution is 2.21. The van der Waals surface area contributed by atoms with Gasteiger partial charge < -0.3 is 16.0 Å². The molecule has 0 saturated heterocycles. The average Bonchev–Trinajstić information content (AvgIpc) is 3.19. The SMILES string of the molecule is CC(=O)NCc1ccc(S(=O)(=O)NCCNc2cc(Nc3cc(C)ccn3)nc(C)n2)s1. The van der Waals surface area contributed by atoms with Crippen LogP contribution in [0, 0.1) is 13.8 Å². The van der Waals surface area contributed by atoms with Gasteiger partial charge >= 0.3 is 0 Å². The Morgan fingerprint density at radius 1 is 1.03 bits per heavy atom. The predicted octanol–water partition coefficient (Wildman–Crippen LogP) is 2.32. The number of rotatable bonds is 10. The molecule has 0 bridgehead atoms. The van der Waals surface area contributed by atoms with Gasteiger partial charge in [0.2, 0.25) is 15.9 Å². The van der Waals surface area contributed by atoms with Gasteiger partial charge in [-0.2, -0.15) is 0 Å². The predicted molar refractivity (Wildman–Crippen MR) is 125 cm³/mol. The van der Waals surface area contributed by atoms with E-state index in [1.54, 1.807) is 25.3 Å². The number of aromatic nitrogens is 3. The van der Waals surface area contributed by atoms with Gasteiger partial charge in [-0.1, -0.05) is 0 Å². The lowest BCUT2D eigenvalue weighted by atomic mass is 10.3. The number of aryl methyl sites for hydroxylation is 2. The van der Waals surface area contributed by atoms with Crippen LogP contribution in [-0.4, -0.2) is 42.4 Å². The van der Waals surface area contributed by atoms with Gasteiger partial charge in [-0.05, 0) is 43.7 Å². The maximum atomic E-state index is 12.5. The number of carbonyl (C=O) groups excluding carboxylic acids is 1. The minimum absolute atomic E-state index is 0.166. The number of carbonyl (C=O) groups is 1. The van der Waals surface area contributed by atoms with Crippen molar-refractivity contribution in [2.75, 3.05) is 23.7 Å². The molecule has 0 unspecified atom stereocenters. The molecule has 3 aromatic rings. The third-order valence-corrected chi connectivity index (χ3v) is 7.18. The van der Waals surface area contributed by atoms with Crippen molar-refractivity contribution in [1.29, 1.82) is 0 Å². The molecule has 0 aliphatic heterocycles. The summed E-state index contributed by atoms with van der Waals surface area (Å²) in [4.78, 5) is 24.7. The van der Waals surface area contributed by atoms with Gasteiger partial charge in [-0.25, -0.2) is 28.1 Å². The molecular formula is C20H25N7O3S2. The van der Waals surface area contributed by atoms with Crippen LogP contribution in [0.5, 0.6) is 0 Å². The van der Waals surface area contributed by atoms with Gasteiger partial charge in [-0.15, -0.1) is 11.3 Å². The lowest BCUT2D eigenvalue weighted by molar-refractivity contribution is -0.119. The second kappa shape index (κ2) is 10.5. The van der Waals surface area contributed by atoms with E-state index in [1.165, 1.54) is 13.0 Å². The molecule has 1 amide bonds.